The maximum atomic E-state index is 13.7. The first-order valence-corrected chi connectivity index (χ1v) is 6.06. The van der Waals surface area contributed by atoms with Crippen molar-refractivity contribution in [2.45, 2.75) is 6.04 Å². The molecule has 0 spiro atoms. The molecule has 0 aliphatic carbocycles. The summed E-state index contributed by atoms with van der Waals surface area (Å²) in [7, 11) is 0. The molecule has 2 rings (SSSR count). The molecule has 19 heavy (non-hydrogen) atoms. The van der Waals surface area contributed by atoms with E-state index in [4.69, 9.17) is 11.6 Å². The molecular weight excluding hydrogens is 272 g/mol. The molecule has 0 amide bonds. The van der Waals surface area contributed by atoms with Crippen LogP contribution in [0.3, 0.4) is 0 Å². The molecule has 0 aliphatic rings. The second-order valence-corrected chi connectivity index (χ2v) is 4.49. The van der Waals surface area contributed by atoms with Crippen molar-refractivity contribution in [1.82, 2.24) is 0 Å². The predicted octanol–water partition coefficient (Wildman–Crippen LogP) is 3.76. The highest BCUT2D eigenvalue weighted by Crippen LogP contribution is 2.24. The van der Waals surface area contributed by atoms with Gasteiger partial charge in [-0.3, -0.25) is 0 Å². The molecular formula is C14H12ClF2NO. The molecule has 5 heteroatoms. The van der Waals surface area contributed by atoms with Crippen LogP contribution in [0.4, 0.5) is 14.5 Å². The first kappa shape index (κ1) is 13.8. The number of aliphatic hydroxyl groups excluding tert-OH is 1. The van der Waals surface area contributed by atoms with E-state index in [1.807, 2.05) is 0 Å². The maximum absolute atomic E-state index is 13.7. The lowest BCUT2D eigenvalue weighted by molar-refractivity contribution is 0.273. The molecule has 0 fully saturated rings. The van der Waals surface area contributed by atoms with Crippen LogP contribution < -0.4 is 5.32 Å². The normalized spacial score (nSPS) is 12.2. The van der Waals surface area contributed by atoms with E-state index < -0.39 is 17.7 Å². The standard InChI is InChI=1S/C14H12ClF2NO/c15-9-2-1-3-11(6-9)18-14(8-19)12-5-4-10(16)7-13(12)17/h1-7,14,18-19H,8H2. The van der Waals surface area contributed by atoms with E-state index in [-0.39, 0.29) is 12.2 Å². The summed E-state index contributed by atoms with van der Waals surface area (Å²) in [4.78, 5) is 0. The average molecular weight is 284 g/mol. The van der Waals surface area contributed by atoms with E-state index in [1.54, 1.807) is 24.3 Å². The number of aliphatic hydroxyl groups is 1. The molecule has 2 N–H and O–H groups in total. The number of rotatable bonds is 4. The summed E-state index contributed by atoms with van der Waals surface area (Å²) in [5, 5.41) is 12.8. The summed E-state index contributed by atoms with van der Waals surface area (Å²) in [5.74, 6) is -1.35. The first-order chi connectivity index (χ1) is 9.10. The Bertz CT molecular complexity index is 577. The Balaban J connectivity index is 2.25. The molecule has 100 valence electrons. The quantitative estimate of drug-likeness (QED) is 0.895. The number of nitrogens with one attached hydrogen (secondary N) is 1. The van der Waals surface area contributed by atoms with Gasteiger partial charge in [-0.15, -0.1) is 0 Å². The van der Waals surface area contributed by atoms with Crippen LogP contribution in [0.5, 0.6) is 0 Å². The maximum Gasteiger partial charge on any atom is 0.131 e. The fraction of sp³-hybridized carbons (Fsp3) is 0.143. The summed E-state index contributed by atoms with van der Waals surface area (Å²) in [6, 6.07) is 9.43. The van der Waals surface area contributed by atoms with Crippen LogP contribution in [-0.2, 0) is 0 Å². The molecule has 1 atom stereocenters. The van der Waals surface area contributed by atoms with Gasteiger partial charge < -0.3 is 10.4 Å². The van der Waals surface area contributed by atoms with Crippen LogP contribution in [0.25, 0.3) is 0 Å². The Morgan fingerprint density at radius 2 is 1.95 bits per heavy atom. The van der Waals surface area contributed by atoms with Crippen molar-refractivity contribution in [2.75, 3.05) is 11.9 Å². The molecule has 2 aromatic carbocycles. The first-order valence-electron chi connectivity index (χ1n) is 5.68. The minimum Gasteiger partial charge on any atom is -0.394 e. The van der Waals surface area contributed by atoms with Gasteiger partial charge in [0.05, 0.1) is 12.6 Å². The highest BCUT2D eigenvalue weighted by Gasteiger charge is 2.15. The van der Waals surface area contributed by atoms with Gasteiger partial charge in [-0.25, -0.2) is 8.78 Å². The van der Waals surface area contributed by atoms with Crippen LogP contribution in [0.1, 0.15) is 11.6 Å². The van der Waals surface area contributed by atoms with Crippen molar-refractivity contribution < 1.29 is 13.9 Å². The monoisotopic (exact) mass is 283 g/mol. The number of hydrogen-bond acceptors (Lipinski definition) is 2. The summed E-state index contributed by atoms with van der Waals surface area (Å²) in [6.45, 7) is -0.324. The van der Waals surface area contributed by atoms with Gasteiger partial charge in [0.1, 0.15) is 11.6 Å². The molecule has 0 bridgehead atoms. The molecule has 0 heterocycles. The number of halogens is 3. The van der Waals surface area contributed by atoms with E-state index >= 15 is 0 Å². The van der Waals surface area contributed by atoms with Crippen molar-refractivity contribution in [2.24, 2.45) is 0 Å². The zero-order valence-electron chi connectivity index (χ0n) is 9.91. The SMILES string of the molecule is OCC(Nc1cccc(Cl)c1)c1ccc(F)cc1F. The molecule has 0 radical (unpaired) electrons. The Morgan fingerprint density at radius 3 is 2.58 bits per heavy atom. The van der Waals surface area contributed by atoms with Crippen LogP contribution in [0.2, 0.25) is 5.02 Å². The summed E-state index contributed by atoms with van der Waals surface area (Å²) in [5.41, 5.74) is 0.846. The summed E-state index contributed by atoms with van der Waals surface area (Å²) >= 11 is 5.84. The van der Waals surface area contributed by atoms with E-state index in [2.05, 4.69) is 5.32 Å². The lowest BCUT2D eigenvalue weighted by atomic mass is 10.1. The predicted molar refractivity (Wildman–Crippen MR) is 71.3 cm³/mol. The Morgan fingerprint density at radius 1 is 1.16 bits per heavy atom. The molecule has 2 aromatic rings. The third-order valence-corrected chi connectivity index (χ3v) is 2.92. The van der Waals surface area contributed by atoms with Gasteiger partial charge in [0.25, 0.3) is 0 Å². The van der Waals surface area contributed by atoms with Gasteiger partial charge in [-0.05, 0) is 24.3 Å². The van der Waals surface area contributed by atoms with E-state index in [0.717, 1.165) is 12.1 Å². The topological polar surface area (TPSA) is 32.3 Å². The molecule has 0 saturated carbocycles. The van der Waals surface area contributed by atoms with Crippen molar-refractivity contribution in [1.29, 1.82) is 0 Å². The molecule has 2 nitrogen and oxygen atoms in total. The Kier molecular flexibility index (Phi) is 4.35. The van der Waals surface area contributed by atoms with E-state index in [9.17, 15) is 13.9 Å². The second-order valence-electron chi connectivity index (χ2n) is 4.06. The van der Waals surface area contributed by atoms with Gasteiger partial charge in [0, 0.05) is 22.3 Å². The second kappa shape index (κ2) is 5.99. The largest absolute Gasteiger partial charge is 0.394 e. The zero-order valence-corrected chi connectivity index (χ0v) is 10.7. The van der Waals surface area contributed by atoms with Gasteiger partial charge in [-0.1, -0.05) is 23.7 Å². The molecule has 1 unspecified atom stereocenters. The minimum absolute atomic E-state index is 0.198. The van der Waals surface area contributed by atoms with Gasteiger partial charge in [0.15, 0.2) is 0 Å². The highest BCUT2D eigenvalue weighted by molar-refractivity contribution is 6.30. The minimum atomic E-state index is -0.700. The van der Waals surface area contributed by atoms with Crippen LogP contribution in [0.15, 0.2) is 42.5 Å². The fourth-order valence-corrected chi connectivity index (χ4v) is 1.98. The van der Waals surface area contributed by atoms with E-state index in [0.29, 0.717) is 10.7 Å². The van der Waals surface area contributed by atoms with Crippen LogP contribution in [-0.4, -0.2) is 11.7 Å². The summed E-state index contributed by atoms with van der Waals surface area (Å²) in [6.07, 6.45) is 0. The summed E-state index contributed by atoms with van der Waals surface area (Å²) < 4.78 is 26.5. The van der Waals surface area contributed by atoms with Crippen molar-refractivity contribution in [3.8, 4) is 0 Å². The lowest BCUT2D eigenvalue weighted by Gasteiger charge is -2.18. The Labute approximate surface area is 114 Å². The average Bonchev–Trinajstić information content (AvgIpc) is 2.37. The van der Waals surface area contributed by atoms with E-state index in [1.165, 1.54) is 6.07 Å². The van der Waals surface area contributed by atoms with Gasteiger partial charge in [-0.2, -0.15) is 0 Å². The lowest BCUT2D eigenvalue weighted by Crippen LogP contribution is -2.16. The third-order valence-electron chi connectivity index (χ3n) is 2.69. The number of anilines is 1. The Hall–Kier alpha value is -1.65. The van der Waals surface area contributed by atoms with Crippen molar-refractivity contribution in [3.05, 3.63) is 64.7 Å². The zero-order chi connectivity index (χ0) is 13.8. The van der Waals surface area contributed by atoms with Gasteiger partial charge in [0.2, 0.25) is 0 Å². The molecule has 0 saturated heterocycles. The van der Waals surface area contributed by atoms with Crippen molar-refractivity contribution >= 4 is 17.3 Å². The molecule has 0 aromatic heterocycles. The fourth-order valence-electron chi connectivity index (χ4n) is 1.79. The molecule has 0 aliphatic heterocycles. The van der Waals surface area contributed by atoms with Crippen molar-refractivity contribution in [3.63, 3.8) is 0 Å². The highest BCUT2D eigenvalue weighted by atomic mass is 35.5. The number of benzene rings is 2. The third kappa shape index (κ3) is 3.43. The number of hydrogen-bond donors (Lipinski definition) is 2. The van der Waals surface area contributed by atoms with Gasteiger partial charge >= 0.3 is 0 Å². The van der Waals surface area contributed by atoms with Crippen LogP contribution >= 0.6 is 11.6 Å². The van der Waals surface area contributed by atoms with Crippen LogP contribution in [0, 0.1) is 11.6 Å². The smallest absolute Gasteiger partial charge is 0.131 e.